The SMILES string of the molecule is O=C(CN(c1ccccc1)S(=O)(=O)c1ccc(F)cc1)NCCCSCc1ccc(Cl)cc1. The minimum absolute atomic E-state index is 0.0841. The van der Waals surface area contributed by atoms with Crippen molar-refractivity contribution in [3.63, 3.8) is 0 Å². The van der Waals surface area contributed by atoms with Gasteiger partial charge in [0.25, 0.3) is 10.0 Å². The quantitative estimate of drug-likeness (QED) is 0.367. The third kappa shape index (κ3) is 7.48. The fourth-order valence-electron chi connectivity index (χ4n) is 3.00. The monoisotopic (exact) mass is 506 g/mol. The second-order valence-electron chi connectivity index (χ2n) is 7.18. The molecule has 0 saturated heterocycles. The zero-order valence-corrected chi connectivity index (χ0v) is 20.2. The maximum Gasteiger partial charge on any atom is 0.264 e. The normalized spacial score (nSPS) is 11.2. The molecule has 3 aromatic rings. The standard InChI is InChI=1S/C24H24ClFN2O3S2/c25-20-9-7-19(8-10-20)18-32-16-4-15-27-24(29)17-28(22-5-2-1-3-6-22)33(30,31)23-13-11-21(26)12-14-23/h1-3,5-14H,4,15-18H2,(H,27,29). The number of anilines is 1. The summed E-state index contributed by atoms with van der Waals surface area (Å²) in [6.07, 6.45) is 0.750. The number of halogens is 2. The van der Waals surface area contributed by atoms with Crippen LogP contribution in [0.2, 0.25) is 5.02 Å². The van der Waals surface area contributed by atoms with Gasteiger partial charge in [0.15, 0.2) is 0 Å². The topological polar surface area (TPSA) is 66.5 Å². The Morgan fingerprint density at radius 2 is 1.64 bits per heavy atom. The van der Waals surface area contributed by atoms with Crippen molar-refractivity contribution in [3.05, 3.63) is 95.3 Å². The lowest BCUT2D eigenvalue weighted by Gasteiger charge is -2.24. The molecule has 0 heterocycles. The Bertz CT molecular complexity index is 1140. The third-order valence-electron chi connectivity index (χ3n) is 4.70. The molecule has 3 aromatic carbocycles. The molecule has 0 radical (unpaired) electrons. The van der Waals surface area contributed by atoms with Crippen molar-refractivity contribution in [2.45, 2.75) is 17.1 Å². The molecule has 33 heavy (non-hydrogen) atoms. The van der Waals surface area contributed by atoms with Crippen molar-refractivity contribution in [3.8, 4) is 0 Å². The van der Waals surface area contributed by atoms with E-state index in [1.165, 1.54) is 17.7 Å². The van der Waals surface area contributed by atoms with Crippen molar-refractivity contribution >= 4 is 45.0 Å². The van der Waals surface area contributed by atoms with Gasteiger partial charge in [-0.15, -0.1) is 0 Å². The van der Waals surface area contributed by atoms with Gasteiger partial charge < -0.3 is 5.32 Å². The van der Waals surface area contributed by atoms with E-state index in [0.717, 1.165) is 34.4 Å². The van der Waals surface area contributed by atoms with Gasteiger partial charge in [-0.05, 0) is 66.3 Å². The molecule has 0 aliphatic carbocycles. The van der Waals surface area contributed by atoms with Crippen molar-refractivity contribution < 1.29 is 17.6 Å². The number of nitrogens with zero attached hydrogens (tertiary/aromatic N) is 1. The average Bonchev–Trinajstić information content (AvgIpc) is 2.81. The summed E-state index contributed by atoms with van der Waals surface area (Å²) in [4.78, 5) is 12.5. The molecule has 0 fully saturated rings. The van der Waals surface area contributed by atoms with Gasteiger partial charge in [0.1, 0.15) is 12.4 Å². The Morgan fingerprint density at radius 3 is 2.30 bits per heavy atom. The first kappa shape index (κ1) is 25.1. The third-order valence-corrected chi connectivity index (χ3v) is 7.86. The molecule has 1 amide bonds. The lowest BCUT2D eigenvalue weighted by molar-refractivity contribution is -0.119. The van der Waals surface area contributed by atoms with Gasteiger partial charge in [-0.1, -0.05) is 41.9 Å². The summed E-state index contributed by atoms with van der Waals surface area (Å²) in [6, 6.07) is 20.6. The van der Waals surface area contributed by atoms with Gasteiger partial charge in [0.05, 0.1) is 10.6 Å². The van der Waals surface area contributed by atoms with Gasteiger partial charge in [0.2, 0.25) is 5.91 Å². The number of amides is 1. The van der Waals surface area contributed by atoms with Crippen LogP contribution in [0.5, 0.6) is 0 Å². The molecular weight excluding hydrogens is 483 g/mol. The molecule has 0 atom stereocenters. The maximum absolute atomic E-state index is 13.3. The Kier molecular flexibility index (Phi) is 9.17. The van der Waals surface area contributed by atoms with Crippen LogP contribution < -0.4 is 9.62 Å². The second-order valence-corrected chi connectivity index (χ2v) is 10.6. The van der Waals surface area contributed by atoms with E-state index in [0.29, 0.717) is 17.3 Å². The highest BCUT2D eigenvalue weighted by molar-refractivity contribution is 7.98. The Morgan fingerprint density at radius 1 is 0.970 bits per heavy atom. The minimum atomic E-state index is -4.05. The first-order valence-electron chi connectivity index (χ1n) is 10.3. The van der Waals surface area contributed by atoms with Gasteiger partial charge in [-0.3, -0.25) is 9.10 Å². The second kappa shape index (κ2) is 12.1. The molecule has 0 aliphatic heterocycles. The Hall–Kier alpha value is -2.55. The van der Waals surface area contributed by atoms with Gasteiger partial charge >= 0.3 is 0 Å². The number of para-hydroxylation sites is 1. The first-order valence-corrected chi connectivity index (χ1v) is 13.3. The van der Waals surface area contributed by atoms with Crippen molar-refractivity contribution in [2.24, 2.45) is 0 Å². The number of thioether (sulfide) groups is 1. The van der Waals surface area contributed by atoms with Crippen molar-refractivity contribution in [2.75, 3.05) is 23.1 Å². The Labute approximate surface area is 203 Å². The molecular formula is C24H24ClFN2O3S2. The predicted molar refractivity (Wildman–Crippen MR) is 133 cm³/mol. The van der Waals surface area contributed by atoms with E-state index in [-0.39, 0.29) is 11.4 Å². The molecule has 0 unspecified atom stereocenters. The predicted octanol–water partition coefficient (Wildman–Crippen LogP) is 5.11. The molecule has 3 rings (SSSR count). The first-order chi connectivity index (χ1) is 15.9. The van der Waals surface area contributed by atoms with Crippen LogP contribution in [0.3, 0.4) is 0 Å². The number of hydrogen-bond acceptors (Lipinski definition) is 4. The van der Waals surface area contributed by atoms with E-state index < -0.39 is 21.7 Å². The van der Waals surface area contributed by atoms with Crippen LogP contribution in [0.4, 0.5) is 10.1 Å². The summed E-state index contributed by atoms with van der Waals surface area (Å²) >= 11 is 7.63. The number of carbonyl (C=O) groups excluding carboxylic acids is 1. The fourth-order valence-corrected chi connectivity index (χ4v) is 5.47. The van der Waals surface area contributed by atoms with Crippen LogP contribution in [0, 0.1) is 5.82 Å². The molecule has 0 aliphatic rings. The van der Waals surface area contributed by atoms with Crippen LogP contribution in [0.15, 0.2) is 83.8 Å². The summed E-state index contributed by atoms with van der Waals surface area (Å²) in [7, 11) is -4.05. The molecule has 9 heteroatoms. The van der Waals surface area contributed by atoms with E-state index in [1.54, 1.807) is 42.1 Å². The zero-order chi connectivity index (χ0) is 23.7. The van der Waals surface area contributed by atoms with Crippen LogP contribution in [0.25, 0.3) is 0 Å². The molecule has 0 spiro atoms. The van der Waals surface area contributed by atoms with Gasteiger partial charge in [0, 0.05) is 17.3 Å². The summed E-state index contributed by atoms with van der Waals surface area (Å²) in [5, 5.41) is 3.49. The van der Waals surface area contributed by atoms with E-state index in [4.69, 9.17) is 11.6 Å². The molecule has 5 nitrogen and oxygen atoms in total. The highest BCUT2D eigenvalue weighted by atomic mass is 35.5. The van der Waals surface area contributed by atoms with E-state index >= 15 is 0 Å². The van der Waals surface area contributed by atoms with E-state index in [1.807, 2.05) is 24.3 Å². The zero-order valence-electron chi connectivity index (χ0n) is 17.8. The minimum Gasteiger partial charge on any atom is -0.354 e. The van der Waals surface area contributed by atoms with Crippen LogP contribution in [0.1, 0.15) is 12.0 Å². The maximum atomic E-state index is 13.3. The average molecular weight is 507 g/mol. The lowest BCUT2D eigenvalue weighted by atomic mass is 10.2. The summed E-state index contributed by atoms with van der Waals surface area (Å²) in [5.74, 6) is 0.751. The number of benzene rings is 3. The van der Waals surface area contributed by atoms with Gasteiger partial charge in [-0.25, -0.2) is 12.8 Å². The van der Waals surface area contributed by atoms with E-state index in [2.05, 4.69) is 5.32 Å². The van der Waals surface area contributed by atoms with Crippen molar-refractivity contribution in [1.29, 1.82) is 0 Å². The Balaban J connectivity index is 1.54. The largest absolute Gasteiger partial charge is 0.354 e. The smallest absolute Gasteiger partial charge is 0.264 e. The number of rotatable bonds is 11. The fraction of sp³-hybridized carbons (Fsp3) is 0.208. The number of sulfonamides is 1. The molecule has 1 N–H and O–H groups in total. The van der Waals surface area contributed by atoms with Crippen LogP contribution in [-0.4, -0.2) is 33.2 Å². The molecule has 0 bridgehead atoms. The lowest BCUT2D eigenvalue weighted by Crippen LogP contribution is -2.41. The highest BCUT2D eigenvalue weighted by Crippen LogP contribution is 2.23. The molecule has 174 valence electrons. The van der Waals surface area contributed by atoms with E-state index in [9.17, 15) is 17.6 Å². The highest BCUT2D eigenvalue weighted by Gasteiger charge is 2.27. The van der Waals surface area contributed by atoms with Crippen LogP contribution >= 0.6 is 23.4 Å². The number of hydrogen-bond donors (Lipinski definition) is 1. The number of carbonyl (C=O) groups is 1. The molecule has 0 aromatic heterocycles. The van der Waals surface area contributed by atoms with Gasteiger partial charge in [-0.2, -0.15) is 11.8 Å². The molecule has 0 saturated carbocycles. The number of nitrogens with one attached hydrogen (secondary N) is 1. The summed E-state index contributed by atoms with van der Waals surface area (Å²) < 4.78 is 40.6. The summed E-state index contributed by atoms with van der Waals surface area (Å²) in [6.45, 7) is 0.0628. The van der Waals surface area contributed by atoms with Crippen LogP contribution in [-0.2, 0) is 20.6 Å². The summed E-state index contributed by atoms with van der Waals surface area (Å²) in [5.41, 5.74) is 1.54. The van der Waals surface area contributed by atoms with Crippen molar-refractivity contribution in [1.82, 2.24) is 5.32 Å².